The maximum absolute atomic E-state index is 11.9. The first-order valence-electron chi connectivity index (χ1n) is 4.69. The van der Waals surface area contributed by atoms with Gasteiger partial charge in [0.1, 0.15) is 5.75 Å². The summed E-state index contributed by atoms with van der Waals surface area (Å²) in [7, 11) is 0. The fourth-order valence-corrected chi connectivity index (χ4v) is 1.20. The average Bonchev–Trinajstić information content (AvgIpc) is 2.17. The van der Waals surface area contributed by atoms with Crippen LogP contribution in [0.4, 0.5) is 8.78 Å². The highest BCUT2D eigenvalue weighted by atomic mass is 19.3. The number of hydrogen-bond acceptors (Lipinski definition) is 2. The zero-order valence-corrected chi connectivity index (χ0v) is 9.04. The van der Waals surface area contributed by atoms with Crippen molar-refractivity contribution in [3.8, 4) is 5.75 Å². The van der Waals surface area contributed by atoms with Crippen molar-refractivity contribution in [3.05, 3.63) is 29.8 Å². The van der Waals surface area contributed by atoms with E-state index >= 15 is 0 Å². The van der Waals surface area contributed by atoms with Crippen LogP contribution in [-0.2, 0) is 10.2 Å². The standard InChI is InChI=1S/C11H13F2NO2/c1-11(2,9(14)15)7-3-5-8(6-4-7)16-10(12)13/h3-6,10H,1-2H3,(H2,14,15). The second-order valence-corrected chi connectivity index (χ2v) is 3.89. The largest absolute Gasteiger partial charge is 0.435 e. The fourth-order valence-electron chi connectivity index (χ4n) is 1.20. The maximum Gasteiger partial charge on any atom is 0.387 e. The number of halogens is 2. The van der Waals surface area contributed by atoms with E-state index in [1.165, 1.54) is 12.1 Å². The maximum atomic E-state index is 11.9. The Labute approximate surface area is 92.2 Å². The molecular weight excluding hydrogens is 216 g/mol. The summed E-state index contributed by atoms with van der Waals surface area (Å²) in [5.74, 6) is -0.422. The molecular formula is C11H13F2NO2. The Morgan fingerprint density at radius 2 is 1.81 bits per heavy atom. The van der Waals surface area contributed by atoms with Crippen molar-refractivity contribution in [1.29, 1.82) is 0 Å². The normalized spacial score (nSPS) is 11.6. The second kappa shape index (κ2) is 4.47. The van der Waals surface area contributed by atoms with Crippen LogP contribution in [0.1, 0.15) is 19.4 Å². The van der Waals surface area contributed by atoms with Gasteiger partial charge in [-0.3, -0.25) is 4.79 Å². The van der Waals surface area contributed by atoms with Crippen LogP contribution in [0.2, 0.25) is 0 Å². The molecule has 0 spiro atoms. The lowest BCUT2D eigenvalue weighted by Crippen LogP contribution is -2.35. The predicted molar refractivity (Wildman–Crippen MR) is 55.3 cm³/mol. The number of ether oxygens (including phenoxy) is 1. The first-order chi connectivity index (χ1) is 7.34. The first-order valence-corrected chi connectivity index (χ1v) is 4.69. The molecule has 16 heavy (non-hydrogen) atoms. The molecule has 88 valence electrons. The van der Waals surface area contributed by atoms with E-state index in [1.807, 2.05) is 0 Å². The van der Waals surface area contributed by atoms with E-state index in [1.54, 1.807) is 26.0 Å². The van der Waals surface area contributed by atoms with Crippen molar-refractivity contribution in [2.45, 2.75) is 25.9 Å². The van der Waals surface area contributed by atoms with Gasteiger partial charge in [0.25, 0.3) is 0 Å². The summed E-state index contributed by atoms with van der Waals surface area (Å²) < 4.78 is 28.0. The van der Waals surface area contributed by atoms with Gasteiger partial charge in [-0.15, -0.1) is 0 Å². The summed E-state index contributed by atoms with van der Waals surface area (Å²) >= 11 is 0. The highest BCUT2D eigenvalue weighted by Gasteiger charge is 2.27. The summed E-state index contributed by atoms with van der Waals surface area (Å²) in [5, 5.41) is 0. The summed E-state index contributed by atoms with van der Waals surface area (Å²) in [6.45, 7) is 0.478. The number of benzene rings is 1. The number of carbonyl (C=O) groups is 1. The number of rotatable bonds is 4. The molecule has 0 aliphatic rings. The van der Waals surface area contributed by atoms with Gasteiger partial charge in [0.05, 0.1) is 5.41 Å². The van der Waals surface area contributed by atoms with Gasteiger partial charge in [-0.05, 0) is 31.5 Å². The second-order valence-electron chi connectivity index (χ2n) is 3.89. The van der Waals surface area contributed by atoms with E-state index < -0.39 is 17.9 Å². The van der Waals surface area contributed by atoms with Gasteiger partial charge in [-0.2, -0.15) is 8.78 Å². The van der Waals surface area contributed by atoms with Crippen molar-refractivity contribution in [1.82, 2.24) is 0 Å². The van der Waals surface area contributed by atoms with Gasteiger partial charge in [0.2, 0.25) is 5.91 Å². The van der Waals surface area contributed by atoms with Gasteiger partial charge in [0, 0.05) is 0 Å². The molecule has 0 radical (unpaired) electrons. The molecule has 0 aliphatic heterocycles. The molecule has 0 atom stereocenters. The van der Waals surface area contributed by atoms with E-state index in [0.717, 1.165) is 0 Å². The molecule has 1 aromatic rings. The predicted octanol–water partition coefficient (Wildman–Crippen LogP) is 2.05. The van der Waals surface area contributed by atoms with E-state index in [4.69, 9.17) is 5.73 Å². The minimum Gasteiger partial charge on any atom is -0.435 e. The molecule has 0 fully saturated rings. The summed E-state index contributed by atoms with van der Waals surface area (Å²) in [5.41, 5.74) is 5.06. The van der Waals surface area contributed by atoms with Crippen molar-refractivity contribution < 1.29 is 18.3 Å². The Bertz CT molecular complexity index is 374. The molecule has 0 heterocycles. The zero-order chi connectivity index (χ0) is 12.3. The Hall–Kier alpha value is -1.65. The molecule has 0 saturated carbocycles. The minimum atomic E-state index is -2.85. The van der Waals surface area contributed by atoms with Crippen molar-refractivity contribution in [2.75, 3.05) is 0 Å². The lowest BCUT2D eigenvalue weighted by molar-refractivity contribution is -0.122. The topological polar surface area (TPSA) is 52.3 Å². The Morgan fingerprint density at radius 1 is 1.31 bits per heavy atom. The van der Waals surface area contributed by atoms with Gasteiger partial charge < -0.3 is 10.5 Å². The number of hydrogen-bond donors (Lipinski definition) is 1. The number of nitrogens with two attached hydrogens (primary N) is 1. The molecule has 1 amide bonds. The highest BCUT2D eigenvalue weighted by molar-refractivity contribution is 5.85. The number of primary amides is 1. The van der Waals surface area contributed by atoms with Gasteiger partial charge >= 0.3 is 6.61 Å². The summed E-state index contributed by atoms with van der Waals surface area (Å²) in [6, 6.07) is 5.85. The molecule has 2 N–H and O–H groups in total. The van der Waals surface area contributed by atoms with Crippen LogP contribution < -0.4 is 10.5 Å². The molecule has 3 nitrogen and oxygen atoms in total. The number of amides is 1. The third-order valence-corrected chi connectivity index (χ3v) is 2.42. The summed E-state index contributed by atoms with van der Waals surface area (Å²) in [6.07, 6.45) is 0. The third-order valence-electron chi connectivity index (χ3n) is 2.42. The van der Waals surface area contributed by atoms with Crippen molar-refractivity contribution >= 4 is 5.91 Å². The van der Waals surface area contributed by atoms with E-state index in [0.29, 0.717) is 5.56 Å². The third kappa shape index (κ3) is 2.68. The smallest absolute Gasteiger partial charge is 0.387 e. The van der Waals surface area contributed by atoms with Crippen LogP contribution in [0.15, 0.2) is 24.3 Å². The van der Waals surface area contributed by atoms with E-state index in [-0.39, 0.29) is 5.75 Å². The molecule has 0 saturated heterocycles. The minimum absolute atomic E-state index is 0.0546. The molecule has 5 heteroatoms. The summed E-state index contributed by atoms with van der Waals surface area (Å²) in [4.78, 5) is 11.2. The number of carbonyl (C=O) groups excluding carboxylic acids is 1. The van der Waals surface area contributed by atoms with Crippen LogP contribution >= 0.6 is 0 Å². The lowest BCUT2D eigenvalue weighted by Gasteiger charge is -2.21. The molecule has 0 bridgehead atoms. The molecule has 0 aliphatic carbocycles. The first kappa shape index (κ1) is 12.4. The van der Waals surface area contributed by atoms with Crippen LogP contribution in [0.25, 0.3) is 0 Å². The van der Waals surface area contributed by atoms with Crippen LogP contribution in [0.5, 0.6) is 5.75 Å². The Kier molecular flexibility index (Phi) is 3.47. The lowest BCUT2D eigenvalue weighted by atomic mass is 9.84. The van der Waals surface area contributed by atoms with E-state index in [2.05, 4.69) is 4.74 Å². The Morgan fingerprint density at radius 3 is 2.19 bits per heavy atom. The van der Waals surface area contributed by atoms with Gasteiger partial charge in [-0.1, -0.05) is 12.1 Å². The number of alkyl halides is 2. The van der Waals surface area contributed by atoms with Crippen LogP contribution in [-0.4, -0.2) is 12.5 Å². The quantitative estimate of drug-likeness (QED) is 0.859. The highest BCUT2D eigenvalue weighted by Crippen LogP contribution is 2.25. The molecule has 0 unspecified atom stereocenters. The van der Waals surface area contributed by atoms with Gasteiger partial charge in [-0.25, -0.2) is 0 Å². The fraction of sp³-hybridized carbons (Fsp3) is 0.364. The van der Waals surface area contributed by atoms with Crippen LogP contribution in [0, 0.1) is 0 Å². The monoisotopic (exact) mass is 229 g/mol. The SMILES string of the molecule is CC(C)(C(N)=O)c1ccc(OC(F)F)cc1. The average molecular weight is 229 g/mol. The van der Waals surface area contributed by atoms with Crippen LogP contribution in [0.3, 0.4) is 0 Å². The molecule has 0 aromatic heterocycles. The van der Waals surface area contributed by atoms with E-state index in [9.17, 15) is 13.6 Å². The molecule has 1 rings (SSSR count). The van der Waals surface area contributed by atoms with Crippen molar-refractivity contribution in [2.24, 2.45) is 5.73 Å². The Balaban J connectivity index is 2.91. The van der Waals surface area contributed by atoms with Gasteiger partial charge in [0.15, 0.2) is 0 Å². The van der Waals surface area contributed by atoms with Crippen molar-refractivity contribution in [3.63, 3.8) is 0 Å². The molecule has 1 aromatic carbocycles. The zero-order valence-electron chi connectivity index (χ0n) is 9.04.